The molecule has 0 aromatic heterocycles. The van der Waals surface area contributed by atoms with Gasteiger partial charge in [0.05, 0.1) is 0 Å². The largest absolute Gasteiger partial charge is 0.462 e. The van der Waals surface area contributed by atoms with Gasteiger partial charge in [-0.3, -0.25) is 9.59 Å². The third-order valence-electron chi connectivity index (χ3n) is 1.85. The predicted molar refractivity (Wildman–Crippen MR) is 62.1 cm³/mol. The maximum absolute atomic E-state index is 10.6. The number of nitrogens with zero attached hydrogens (tertiary/aromatic N) is 3. The SMILES string of the molecule is CC(C)(C)OC=O.[N-]=[N+]=NCC1CCC(=O)N1. The molecular weight excluding hydrogens is 224 g/mol. The first-order valence-electron chi connectivity index (χ1n) is 5.30. The van der Waals surface area contributed by atoms with E-state index in [1.807, 2.05) is 20.8 Å². The van der Waals surface area contributed by atoms with Crippen LogP contribution >= 0.6 is 0 Å². The summed E-state index contributed by atoms with van der Waals surface area (Å²) < 4.78 is 4.55. The van der Waals surface area contributed by atoms with Crippen LogP contribution in [-0.4, -0.2) is 30.6 Å². The first kappa shape index (κ1) is 15.2. The fourth-order valence-electron chi connectivity index (χ4n) is 1.09. The standard InChI is InChI=1S/C5H8N4O.C5H10O2/c6-9-7-3-4-1-2-5(10)8-4;1-5(2,3)7-4-6/h4H,1-3H2,(H,8,10);4H,1-3H3. The zero-order valence-corrected chi connectivity index (χ0v) is 10.3. The first-order chi connectivity index (χ1) is 7.89. The van der Waals surface area contributed by atoms with E-state index in [-0.39, 0.29) is 17.6 Å². The third kappa shape index (κ3) is 9.19. The second-order valence-electron chi connectivity index (χ2n) is 4.54. The van der Waals surface area contributed by atoms with Crippen LogP contribution in [0.5, 0.6) is 0 Å². The first-order valence-corrected chi connectivity index (χ1v) is 5.30. The van der Waals surface area contributed by atoms with Gasteiger partial charge in [-0.25, -0.2) is 0 Å². The Labute approximate surface area is 100 Å². The van der Waals surface area contributed by atoms with Crippen molar-refractivity contribution in [3.05, 3.63) is 10.4 Å². The van der Waals surface area contributed by atoms with Crippen molar-refractivity contribution < 1.29 is 14.3 Å². The molecule has 1 aliphatic rings. The van der Waals surface area contributed by atoms with E-state index < -0.39 is 0 Å². The van der Waals surface area contributed by atoms with Crippen LogP contribution in [0.15, 0.2) is 5.11 Å². The van der Waals surface area contributed by atoms with Crippen LogP contribution in [0, 0.1) is 0 Å². The molecule has 1 saturated heterocycles. The Hall–Kier alpha value is -1.75. The molecule has 0 saturated carbocycles. The zero-order valence-electron chi connectivity index (χ0n) is 10.3. The third-order valence-corrected chi connectivity index (χ3v) is 1.85. The number of hydrogen-bond donors (Lipinski definition) is 1. The molecule has 1 aliphatic heterocycles. The summed E-state index contributed by atoms with van der Waals surface area (Å²) in [6, 6.07) is 0.0726. The fraction of sp³-hybridized carbons (Fsp3) is 0.800. The van der Waals surface area contributed by atoms with Crippen molar-refractivity contribution in [2.24, 2.45) is 5.11 Å². The van der Waals surface area contributed by atoms with Crippen molar-refractivity contribution in [3.8, 4) is 0 Å². The molecule has 1 amide bonds. The second-order valence-corrected chi connectivity index (χ2v) is 4.54. The monoisotopic (exact) mass is 242 g/mol. The lowest BCUT2D eigenvalue weighted by Crippen LogP contribution is -2.27. The number of nitrogens with one attached hydrogen (secondary N) is 1. The predicted octanol–water partition coefficient (Wildman–Crippen LogP) is 1.53. The number of carbonyl (C=O) groups is 2. The van der Waals surface area contributed by atoms with E-state index >= 15 is 0 Å². The van der Waals surface area contributed by atoms with Gasteiger partial charge in [-0.05, 0) is 32.7 Å². The van der Waals surface area contributed by atoms with E-state index in [2.05, 4.69) is 20.1 Å². The van der Waals surface area contributed by atoms with Gasteiger partial charge in [0.1, 0.15) is 5.60 Å². The Bertz CT molecular complexity index is 305. The number of carbonyl (C=O) groups excluding carboxylic acids is 2. The summed E-state index contributed by atoms with van der Waals surface area (Å²) in [5, 5.41) is 6.04. The zero-order chi connectivity index (χ0) is 13.3. The van der Waals surface area contributed by atoms with Crippen molar-refractivity contribution in [3.63, 3.8) is 0 Å². The van der Waals surface area contributed by atoms with Crippen LogP contribution in [0.25, 0.3) is 10.4 Å². The van der Waals surface area contributed by atoms with Gasteiger partial charge in [-0.15, -0.1) is 0 Å². The van der Waals surface area contributed by atoms with E-state index in [0.29, 0.717) is 19.4 Å². The van der Waals surface area contributed by atoms with Crippen LogP contribution in [0.1, 0.15) is 33.6 Å². The van der Waals surface area contributed by atoms with Gasteiger partial charge in [0, 0.05) is 23.9 Å². The maximum Gasteiger partial charge on any atom is 0.293 e. The lowest BCUT2D eigenvalue weighted by atomic mass is 10.2. The van der Waals surface area contributed by atoms with Gasteiger partial charge < -0.3 is 10.1 Å². The molecule has 0 spiro atoms. The molecule has 0 aliphatic carbocycles. The van der Waals surface area contributed by atoms with Crippen LogP contribution in [0.3, 0.4) is 0 Å². The van der Waals surface area contributed by atoms with E-state index in [1.165, 1.54) is 0 Å². The van der Waals surface area contributed by atoms with Gasteiger partial charge in [-0.2, -0.15) is 0 Å². The number of amides is 1. The lowest BCUT2D eigenvalue weighted by Gasteiger charge is -2.14. The molecule has 1 fully saturated rings. The smallest absolute Gasteiger partial charge is 0.293 e. The van der Waals surface area contributed by atoms with E-state index in [4.69, 9.17) is 5.53 Å². The Kier molecular flexibility index (Phi) is 6.74. The Balaban J connectivity index is 0.000000325. The summed E-state index contributed by atoms with van der Waals surface area (Å²) in [5.74, 6) is 0.0538. The second kappa shape index (κ2) is 7.51. The average molecular weight is 242 g/mol. The van der Waals surface area contributed by atoms with Crippen LogP contribution in [0.4, 0.5) is 0 Å². The van der Waals surface area contributed by atoms with E-state index in [0.717, 1.165) is 6.42 Å². The van der Waals surface area contributed by atoms with Crippen LogP contribution in [-0.2, 0) is 14.3 Å². The summed E-state index contributed by atoms with van der Waals surface area (Å²) >= 11 is 0. The minimum Gasteiger partial charge on any atom is -0.462 e. The van der Waals surface area contributed by atoms with Crippen LogP contribution < -0.4 is 5.32 Å². The van der Waals surface area contributed by atoms with Gasteiger partial charge >= 0.3 is 0 Å². The molecule has 7 heteroatoms. The van der Waals surface area contributed by atoms with E-state index in [9.17, 15) is 9.59 Å². The molecule has 1 rings (SSSR count). The number of hydrogen-bond acceptors (Lipinski definition) is 4. The Morgan fingerprint density at radius 2 is 2.29 bits per heavy atom. The minimum atomic E-state index is -0.318. The molecule has 0 aromatic rings. The highest BCUT2D eigenvalue weighted by molar-refractivity contribution is 5.78. The number of ether oxygens (including phenoxy) is 1. The quantitative estimate of drug-likeness (QED) is 0.351. The van der Waals surface area contributed by atoms with Crippen molar-refractivity contribution in [2.45, 2.75) is 45.3 Å². The molecule has 7 nitrogen and oxygen atoms in total. The summed E-state index contributed by atoms with van der Waals surface area (Å²) in [6.07, 6.45) is 1.35. The minimum absolute atomic E-state index is 0.0538. The molecule has 0 bridgehead atoms. The van der Waals surface area contributed by atoms with Gasteiger partial charge in [0.15, 0.2) is 0 Å². The molecule has 17 heavy (non-hydrogen) atoms. The number of azide groups is 1. The molecule has 1 heterocycles. The van der Waals surface area contributed by atoms with Gasteiger partial charge in [0.2, 0.25) is 5.91 Å². The maximum atomic E-state index is 10.6. The molecular formula is C10H18N4O3. The summed E-state index contributed by atoms with van der Waals surface area (Å²) in [5.41, 5.74) is 7.62. The highest BCUT2D eigenvalue weighted by atomic mass is 16.5. The molecule has 1 N–H and O–H groups in total. The normalized spacial score (nSPS) is 18.3. The summed E-state index contributed by atoms with van der Waals surface area (Å²) in [4.78, 5) is 22.8. The number of rotatable bonds is 3. The molecule has 0 radical (unpaired) electrons. The fourth-order valence-corrected chi connectivity index (χ4v) is 1.09. The Morgan fingerprint density at radius 1 is 1.65 bits per heavy atom. The van der Waals surface area contributed by atoms with Gasteiger partial charge in [-0.1, -0.05) is 5.11 Å². The molecule has 0 aromatic carbocycles. The molecule has 1 atom stereocenters. The topological polar surface area (TPSA) is 104 Å². The molecule has 1 unspecified atom stereocenters. The summed E-state index contributed by atoms with van der Waals surface area (Å²) in [7, 11) is 0. The average Bonchev–Trinajstić information content (AvgIpc) is 2.60. The van der Waals surface area contributed by atoms with Crippen molar-refractivity contribution in [2.75, 3.05) is 6.54 Å². The van der Waals surface area contributed by atoms with Crippen molar-refractivity contribution >= 4 is 12.4 Å². The van der Waals surface area contributed by atoms with Crippen molar-refractivity contribution in [1.29, 1.82) is 0 Å². The van der Waals surface area contributed by atoms with Crippen LogP contribution in [0.2, 0.25) is 0 Å². The lowest BCUT2D eigenvalue weighted by molar-refractivity contribution is -0.138. The highest BCUT2D eigenvalue weighted by Gasteiger charge is 2.19. The van der Waals surface area contributed by atoms with Crippen molar-refractivity contribution in [1.82, 2.24) is 5.32 Å². The highest BCUT2D eigenvalue weighted by Crippen LogP contribution is 2.06. The molecule has 96 valence electrons. The van der Waals surface area contributed by atoms with Gasteiger partial charge in [0.25, 0.3) is 6.47 Å². The van der Waals surface area contributed by atoms with E-state index in [1.54, 1.807) is 0 Å². The summed E-state index contributed by atoms with van der Waals surface area (Å²) in [6.45, 7) is 6.30. The Morgan fingerprint density at radius 3 is 2.59 bits per heavy atom.